The summed E-state index contributed by atoms with van der Waals surface area (Å²) in [6, 6.07) is 0.387. The van der Waals surface area contributed by atoms with E-state index >= 15 is 0 Å². The van der Waals surface area contributed by atoms with Crippen LogP contribution in [0, 0.1) is 5.92 Å². The summed E-state index contributed by atoms with van der Waals surface area (Å²) in [7, 11) is 0. The second-order valence-corrected chi connectivity index (χ2v) is 5.61. The maximum Gasteiger partial charge on any atom is 0.138 e. The van der Waals surface area contributed by atoms with Gasteiger partial charge < -0.3 is 5.32 Å². The molecule has 1 aromatic rings. The molecule has 1 rings (SSSR count). The zero-order chi connectivity index (χ0) is 13.0. The summed E-state index contributed by atoms with van der Waals surface area (Å²) in [5.74, 6) is 1.85. The van der Waals surface area contributed by atoms with Gasteiger partial charge in [0.05, 0.1) is 0 Å². The fraction of sp³-hybridized carbons (Fsp3) is 0.692. The van der Waals surface area contributed by atoms with Crippen molar-refractivity contribution in [1.82, 2.24) is 9.97 Å². The third-order valence-corrected chi connectivity index (χ3v) is 2.92. The first-order chi connectivity index (χ1) is 7.91. The van der Waals surface area contributed by atoms with Gasteiger partial charge in [-0.05, 0) is 25.2 Å². The van der Waals surface area contributed by atoms with Crippen molar-refractivity contribution in [1.29, 1.82) is 0 Å². The molecule has 0 aliphatic carbocycles. The summed E-state index contributed by atoms with van der Waals surface area (Å²) < 4.78 is 0. The average molecular weight is 256 g/mol. The van der Waals surface area contributed by atoms with Crippen LogP contribution in [0.4, 0.5) is 5.82 Å². The van der Waals surface area contributed by atoms with Crippen LogP contribution >= 0.6 is 11.6 Å². The van der Waals surface area contributed by atoms with Gasteiger partial charge in [0.25, 0.3) is 0 Å². The molecule has 17 heavy (non-hydrogen) atoms. The average Bonchev–Trinajstić information content (AvgIpc) is 2.15. The molecule has 0 aliphatic rings. The standard InChI is InChI=1S/C13H22ClN3/c1-8(2)6-10(5)17-13-11(9(3)4)12(14)15-7-16-13/h7-10H,6H2,1-5H3,(H,15,16,17). The van der Waals surface area contributed by atoms with Crippen LogP contribution in [0.25, 0.3) is 0 Å². The quantitative estimate of drug-likeness (QED) is 0.805. The van der Waals surface area contributed by atoms with Gasteiger partial charge in [0.2, 0.25) is 0 Å². The molecule has 0 amide bonds. The van der Waals surface area contributed by atoms with E-state index in [0.29, 0.717) is 23.0 Å². The van der Waals surface area contributed by atoms with Gasteiger partial charge in [-0.25, -0.2) is 9.97 Å². The van der Waals surface area contributed by atoms with Gasteiger partial charge in [-0.1, -0.05) is 39.3 Å². The van der Waals surface area contributed by atoms with Crippen molar-refractivity contribution >= 4 is 17.4 Å². The van der Waals surface area contributed by atoms with Crippen LogP contribution in [0.3, 0.4) is 0 Å². The first-order valence-electron chi connectivity index (χ1n) is 6.18. The zero-order valence-corrected chi connectivity index (χ0v) is 12.0. The van der Waals surface area contributed by atoms with Gasteiger partial charge in [-0.3, -0.25) is 0 Å². The number of aromatic nitrogens is 2. The van der Waals surface area contributed by atoms with Gasteiger partial charge in [0.1, 0.15) is 17.3 Å². The molecule has 1 heterocycles. The van der Waals surface area contributed by atoms with Gasteiger partial charge in [-0.15, -0.1) is 0 Å². The lowest BCUT2D eigenvalue weighted by atomic mass is 10.0. The monoisotopic (exact) mass is 255 g/mol. The molecule has 0 radical (unpaired) electrons. The maximum absolute atomic E-state index is 6.12. The van der Waals surface area contributed by atoms with Crippen LogP contribution in [0.5, 0.6) is 0 Å². The van der Waals surface area contributed by atoms with Crippen molar-refractivity contribution in [2.45, 2.75) is 53.0 Å². The summed E-state index contributed by atoms with van der Waals surface area (Å²) >= 11 is 6.12. The Kier molecular flexibility index (Phi) is 5.19. The lowest BCUT2D eigenvalue weighted by Gasteiger charge is -2.20. The smallest absolute Gasteiger partial charge is 0.138 e. The third-order valence-electron chi connectivity index (χ3n) is 2.62. The van der Waals surface area contributed by atoms with Gasteiger partial charge in [0.15, 0.2) is 0 Å². The Bertz CT molecular complexity index is 364. The Balaban J connectivity index is 2.87. The Morgan fingerprint density at radius 3 is 2.35 bits per heavy atom. The highest BCUT2D eigenvalue weighted by Crippen LogP contribution is 2.28. The number of hydrogen-bond acceptors (Lipinski definition) is 3. The number of nitrogens with one attached hydrogen (secondary N) is 1. The Morgan fingerprint density at radius 1 is 1.18 bits per heavy atom. The zero-order valence-electron chi connectivity index (χ0n) is 11.3. The molecule has 0 aromatic carbocycles. The minimum atomic E-state index is 0.317. The van der Waals surface area contributed by atoms with Crippen molar-refractivity contribution < 1.29 is 0 Å². The molecule has 1 aromatic heterocycles. The highest BCUT2D eigenvalue weighted by atomic mass is 35.5. The molecule has 0 fully saturated rings. The number of hydrogen-bond donors (Lipinski definition) is 1. The number of nitrogens with zero attached hydrogens (tertiary/aromatic N) is 2. The fourth-order valence-corrected chi connectivity index (χ4v) is 2.35. The summed E-state index contributed by atoms with van der Waals surface area (Å²) in [6.45, 7) is 10.8. The molecule has 0 saturated heterocycles. The molecular formula is C13H22ClN3. The predicted molar refractivity (Wildman–Crippen MR) is 73.7 cm³/mol. The Labute approximate surface area is 109 Å². The van der Waals surface area contributed by atoms with Crippen molar-refractivity contribution in [3.8, 4) is 0 Å². The number of rotatable bonds is 5. The summed E-state index contributed by atoms with van der Waals surface area (Å²) in [6.07, 6.45) is 2.62. The molecule has 0 spiro atoms. The van der Waals surface area contributed by atoms with E-state index in [4.69, 9.17) is 11.6 Å². The number of halogens is 1. The van der Waals surface area contributed by atoms with Crippen LogP contribution < -0.4 is 5.32 Å². The summed E-state index contributed by atoms with van der Waals surface area (Å²) in [5.41, 5.74) is 1.00. The summed E-state index contributed by atoms with van der Waals surface area (Å²) in [5, 5.41) is 3.98. The molecule has 4 heteroatoms. The van der Waals surface area contributed by atoms with Crippen LogP contribution in [0.2, 0.25) is 5.15 Å². The van der Waals surface area contributed by atoms with Crippen LogP contribution in [-0.2, 0) is 0 Å². The van der Waals surface area contributed by atoms with E-state index in [0.717, 1.165) is 17.8 Å². The number of anilines is 1. The first kappa shape index (κ1) is 14.2. The largest absolute Gasteiger partial charge is 0.367 e. The molecule has 1 atom stereocenters. The van der Waals surface area contributed by atoms with Crippen molar-refractivity contribution in [3.05, 3.63) is 17.0 Å². The topological polar surface area (TPSA) is 37.8 Å². The molecule has 3 nitrogen and oxygen atoms in total. The molecule has 0 bridgehead atoms. The Morgan fingerprint density at radius 2 is 1.82 bits per heavy atom. The van der Waals surface area contributed by atoms with E-state index in [-0.39, 0.29) is 0 Å². The molecule has 1 unspecified atom stereocenters. The predicted octanol–water partition coefficient (Wildman–Crippen LogP) is 4.10. The van der Waals surface area contributed by atoms with Crippen molar-refractivity contribution in [2.75, 3.05) is 5.32 Å². The minimum Gasteiger partial charge on any atom is -0.367 e. The molecule has 96 valence electrons. The van der Waals surface area contributed by atoms with E-state index in [9.17, 15) is 0 Å². The van der Waals surface area contributed by atoms with Crippen molar-refractivity contribution in [2.24, 2.45) is 5.92 Å². The van der Waals surface area contributed by atoms with E-state index in [1.807, 2.05) is 0 Å². The Hall–Kier alpha value is -0.830. The van der Waals surface area contributed by atoms with Gasteiger partial charge >= 0.3 is 0 Å². The molecule has 0 saturated carbocycles. The molecule has 0 aliphatic heterocycles. The van der Waals surface area contributed by atoms with Gasteiger partial charge in [0, 0.05) is 11.6 Å². The maximum atomic E-state index is 6.12. The van der Waals surface area contributed by atoms with E-state index in [1.54, 1.807) is 0 Å². The molecular weight excluding hydrogens is 234 g/mol. The fourth-order valence-electron chi connectivity index (χ4n) is 2.00. The van der Waals surface area contributed by atoms with Crippen LogP contribution in [0.15, 0.2) is 6.33 Å². The highest BCUT2D eigenvalue weighted by molar-refractivity contribution is 6.30. The first-order valence-corrected chi connectivity index (χ1v) is 6.56. The van der Waals surface area contributed by atoms with Crippen LogP contribution in [0.1, 0.15) is 52.5 Å². The lowest BCUT2D eigenvalue weighted by Crippen LogP contribution is -2.20. The highest BCUT2D eigenvalue weighted by Gasteiger charge is 2.15. The van der Waals surface area contributed by atoms with E-state index in [1.165, 1.54) is 6.33 Å². The van der Waals surface area contributed by atoms with E-state index in [2.05, 4.69) is 49.9 Å². The van der Waals surface area contributed by atoms with Crippen LogP contribution in [-0.4, -0.2) is 16.0 Å². The van der Waals surface area contributed by atoms with Crippen molar-refractivity contribution in [3.63, 3.8) is 0 Å². The normalized spacial score (nSPS) is 13.2. The molecule has 1 N–H and O–H groups in total. The second-order valence-electron chi connectivity index (χ2n) is 5.26. The summed E-state index contributed by atoms with van der Waals surface area (Å²) in [4.78, 5) is 8.34. The van der Waals surface area contributed by atoms with E-state index < -0.39 is 0 Å². The minimum absolute atomic E-state index is 0.317. The SMILES string of the molecule is CC(C)CC(C)Nc1ncnc(Cl)c1C(C)C. The lowest BCUT2D eigenvalue weighted by molar-refractivity contribution is 0.538. The van der Waals surface area contributed by atoms with Gasteiger partial charge in [-0.2, -0.15) is 0 Å². The third kappa shape index (κ3) is 4.15. The second kappa shape index (κ2) is 6.20.